The van der Waals surface area contributed by atoms with Crippen molar-refractivity contribution < 1.29 is 4.74 Å². The molecule has 0 fully saturated rings. The third-order valence-corrected chi connectivity index (χ3v) is 2.89. The minimum absolute atomic E-state index is 0.178. The van der Waals surface area contributed by atoms with E-state index in [1.165, 1.54) is 0 Å². The van der Waals surface area contributed by atoms with Crippen LogP contribution in [0.15, 0.2) is 6.20 Å². The summed E-state index contributed by atoms with van der Waals surface area (Å²) >= 11 is 5.99. The molecule has 0 bridgehead atoms. The van der Waals surface area contributed by atoms with Crippen LogP contribution in [0.4, 0.5) is 0 Å². The van der Waals surface area contributed by atoms with Gasteiger partial charge in [-0.15, -0.1) is 11.6 Å². The summed E-state index contributed by atoms with van der Waals surface area (Å²) in [6.45, 7) is 3.85. The maximum atomic E-state index is 5.99. The van der Waals surface area contributed by atoms with E-state index in [0.29, 0.717) is 0 Å². The van der Waals surface area contributed by atoms with Gasteiger partial charge in [0.15, 0.2) is 5.75 Å². The number of ether oxygens (including phenoxy) is 1. The van der Waals surface area contributed by atoms with E-state index >= 15 is 0 Å². The zero-order chi connectivity index (χ0) is 12.8. The van der Waals surface area contributed by atoms with Crippen molar-refractivity contribution in [3.63, 3.8) is 0 Å². The van der Waals surface area contributed by atoms with Crippen molar-refractivity contribution >= 4 is 11.6 Å². The van der Waals surface area contributed by atoms with E-state index in [0.717, 1.165) is 37.4 Å². The fraction of sp³-hybridized carbons (Fsp3) is 0.750. The first-order chi connectivity index (χ1) is 8.04. The van der Waals surface area contributed by atoms with Gasteiger partial charge in [0, 0.05) is 11.9 Å². The lowest BCUT2D eigenvalue weighted by Crippen LogP contribution is -2.20. The Kier molecular flexibility index (Phi) is 5.78. The topological polar surface area (TPSA) is 30.3 Å². The summed E-state index contributed by atoms with van der Waals surface area (Å²) in [6.07, 6.45) is 3.62. The van der Waals surface area contributed by atoms with E-state index in [2.05, 4.69) is 24.1 Å². The fourth-order valence-corrected chi connectivity index (χ4v) is 1.75. The molecule has 0 spiro atoms. The number of aromatic nitrogens is 2. The number of nitrogens with zero attached hydrogens (tertiary/aromatic N) is 3. The molecule has 1 aromatic rings. The molecule has 1 aromatic heterocycles. The number of likely N-dealkylation sites (N-methyl/N-ethyl adjacent to an activating group) is 1. The largest absolute Gasteiger partial charge is 0.493 e. The van der Waals surface area contributed by atoms with Gasteiger partial charge in [0.1, 0.15) is 0 Å². The van der Waals surface area contributed by atoms with Crippen LogP contribution in [0.2, 0.25) is 0 Å². The summed E-state index contributed by atoms with van der Waals surface area (Å²) in [5.74, 6) is 0.862. The molecule has 98 valence electrons. The van der Waals surface area contributed by atoms with Crippen LogP contribution in [0.5, 0.6) is 5.75 Å². The molecule has 5 heteroatoms. The quantitative estimate of drug-likeness (QED) is 0.702. The zero-order valence-corrected chi connectivity index (χ0v) is 11.9. The van der Waals surface area contributed by atoms with Gasteiger partial charge in [0.05, 0.1) is 25.5 Å². The average Bonchev–Trinajstić information content (AvgIpc) is 2.65. The average molecular weight is 260 g/mol. The third-order valence-electron chi connectivity index (χ3n) is 2.67. The van der Waals surface area contributed by atoms with E-state index in [1.807, 2.05) is 11.6 Å². The molecule has 0 amide bonds. The number of alkyl halides is 1. The van der Waals surface area contributed by atoms with Crippen molar-refractivity contribution in [3.05, 3.63) is 11.9 Å². The Morgan fingerprint density at radius 1 is 1.53 bits per heavy atom. The lowest BCUT2D eigenvalue weighted by Gasteiger charge is -2.13. The SMILES string of the molecule is COc1cnn(CCN(C)C)c1CCC(C)Cl. The second kappa shape index (κ2) is 6.87. The van der Waals surface area contributed by atoms with Gasteiger partial charge in [0.2, 0.25) is 0 Å². The Morgan fingerprint density at radius 2 is 2.24 bits per heavy atom. The summed E-state index contributed by atoms with van der Waals surface area (Å²) in [6, 6.07) is 0. The first kappa shape index (κ1) is 14.3. The molecule has 1 unspecified atom stereocenters. The van der Waals surface area contributed by atoms with Gasteiger partial charge in [-0.3, -0.25) is 4.68 Å². The van der Waals surface area contributed by atoms with E-state index in [9.17, 15) is 0 Å². The van der Waals surface area contributed by atoms with Crippen LogP contribution in [0, 0.1) is 0 Å². The number of rotatable bonds is 7. The Labute approximate surface area is 108 Å². The van der Waals surface area contributed by atoms with Crippen LogP contribution in [-0.4, -0.2) is 47.8 Å². The predicted octanol–water partition coefficient (Wildman–Crippen LogP) is 2.01. The molecule has 4 nitrogen and oxygen atoms in total. The molecule has 0 N–H and O–H groups in total. The summed E-state index contributed by atoms with van der Waals surface area (Å²) in [7, 11) is 5.80. The molecule has 0 radical (unpaired) electrons. The molecule has 0 saturated heterocycles. The monoisotopic (exact) mass is 259 g/mol. The predicted molar refractivity (Wildman–Crippen MR) is 71.0 cm³/mol. The molecule has 0 aromatic carbocycles. The molecule has 1 heterocycles. The van der Waals surface area contributed by atoms with Gasteiger partial charge in [-0.2, -0.15) is 5.10 Å². The summed E-state index contributed by atoms with van der Waals surface area (Å²) in [5.41, 5.74) is 1.14. The van der Waals surface area contributed by atoms with E-state index in [1.54, 1.807) is 13.3 Å². The van der Waals surface area contributed by atoms with Crippen LogP contribution in [0.3, 0.4) is 0 Å². The summed E-state index contributed by atoms with van der Waals surface area (Å²) in [4.78, 5) is 2.14. The number of hydrogen-bond acceptors (Lipinski definition) is 3. The van der Waals surface area contributed by atoms with Gasteiger partial charge in [0.25, 0.3) is 0 Å². The minimum atomic E-state index is 0.178. The van der Waals surface area contributed by atoms with E-state index < -0.39 is 0 Å². The third kappa shape index (κ3) is 4.56. The van der Waals surface area contributed by atoms with E-state index in [-0.39, 0.29) is 5.38 Å². The van der Waals surface area contributed by atoms with Gasteiger partial charge in [-0.1, -0.05) is 0 Å². The lowest BCUT2D eigenvalue weighted by molar-refractivity contribution is 0.365. The number of halogens is 1. The first-order valence-electron chi connectivity index (χ1n) is 5.92. The van der Waals surface area contributed by atoms with Gasteiger partial charge in [-0.25, -0.2) is 0 Å². The highest BCUT2D eigenvalue weighted by molar-refractivity contribution is 6.20. The number of methoxy groups -OCH3 is 1. The van der Waals surface area contributed by atoms with Crippen molar-refractivity contribution in [2.45, 2.75) is 31.7 Å². The molecule has 0 aliphatic heterocycles. The van der Waals surface area contributed by atoms with Gasteiger partial charge >= 0.3 is 0 Å². The fourth-order valence-electron chi connectivity index (χ4n) is 1.64. The molecule has 17 heavy (non-hydrogen) atoms. The van der Waals surface area contributed by atoms with Crippen molar-refractivity contribution in [2.24, 2.45) is 0 Å². The highest BCUT2D eigenvalue weighted by Crippen LogP contribution is 2.20. The molecule has 1 atom stereocenters. The standard InChI is InChI=1S/C12H22ClN3O/c1-10(13)5-6-11-12(17-4)9-14-16(11)8-7-15(2)3/h9-10H,5-8H2,1-4H3. The summed E-state index contributed by atoms with van der Waals surface area (Å²) in [5, 5.41) is 4.54. The van der Waals surface area contributed by atoms with Crippen molar-refractivity contribution in [2.75, 3.05) is 27.7 Å². The van der Waals surface area contributed by atoms with Crippen LogP contribution >= 0.6 is 11.6 Å². The maximum Gasteiger partial charge on any atom is 0.159 e. The van der Waals surface area contributed by atoms with Gasteiger partial charge in [-0.05, 0) is 33.9 Å². The first-order valence-corrected chi connectivity index (χ1v) is 6.35. The van der Waals surface area contributed by atoms with Crippen LogP contribution in [0.1, 0.15) is 19.0 Å². The van der Waals surface area contributed by atoms with Gasteiger partial charge < -0.3 is 9.64 Å². The highest BCUT2D eigenvalue weighted by atomic mass is 35.5. The molecule has 0 saturated carbocycles. The van der Waals surface area contributed by atoms with Crippen LogP contribution < -0.4 is 4.74 Å². The zero-order valence-electron chi connectivity index (χ0n) is 11.1. The van der Waals surface area contributed by atoms with Crippen molar-refractivity contribution in [1.82, 2.24) is 14.7 Å². The van der Waals surface area contributed by atoms with Crippen molar-refractivity contribution in [3.8, 4) is 5.75 Å². The Bertz CT molecular complexity index is 336. The minimum Gasteiger partial charge on any atom is -0.493 e. The maximum absolute atomic E-state index is 5.99. The molecular weight excluding hydrogens is 238 g/mol. The van der Waals surface area contributed by atoms with Crippen molar-refractivity contribution in [1.29, 1.82) is 0 Å². The molecule has 0 aliphatic rings. The second-order valence-electron chi connectivity index (χ2n) is 4.51. The smallest absolute Gasteiger partial charge is 0.159 e. The van der Waals surface area contributed by atoms with E-state index in [4.69, 9.17) is 16.3 Å². The van der Waals surface area contributed by atoms with Crippen LogP contribution in [-0.2, 0) is 13.0 Å². The Morgan fingerprint density at radius 3 is 2.76 bits per heavy atom. The Hall–Kier alpha value is -0.740. The summed E-state index contributed by atoms with van der Waals surface area (Å²) < 4.78 is 7.34. The second-order valence-corrected chi connectivity index (χ2v) is 5.25. The molecule has 1 rings (SSSR count). The number of hydrogen-bond donors (Lipinski definition) is 0. The molecular formula is C12H22ClN3O. The molecule has 0 aliphatic carbocycles. The lowest BCUT2D eigenvalue weighted by atomic mass is 10.2. The Balaban J connectivity index is 2.71. The normalized spacial score (nSPS) is 13.1. The highest BCUT2D eigenvalue weighted by Gasteiger charge is 2.12. The van der Waals surface area contributed by atoms with Crippen LogP contribution in [0.25, 0.3) is 0 Å².